The first-order valence-corrected chi connectivity index (χ1v) is 13.3. The van der Waals surface area contributed by atoms with Crippen LogP contribution in [0.25, 0.3) is 0 Å². The average Bonchev–Trinajstić information content (AvgIpc) is 2.83. The van der Waals surface area contributed by atoms with Crippen LogP contribution in [-0.4, -0.2) is 57.6 Å². The lowest BCUT2D eigenvalue weighted by atomic mass is 10.1. The Bertz CT molecular complexity index is 1040. The predicted molar refractivity (Wildman–Crippen MR) is 134 cm³/mol. The monoisotopic (exact) mass is 489 g/mol. The maximum Gasteiger partial charge on any atom is 0.242 e. The van der Waals surface area contributed by atoms with E-state index < -0.39 is 16.1 Å². The van der Waals surface area contributed by atoms with E-state index in [9.17, 15) is 18.0 Å². The summed E-state index contributed by atoms with van der Waals surface area (Å²) in [5.74, 6) is 0.0144. The fraction of sp³-hybridized carbons (Fsp3) is 0.440. The SMILES string of the molecule is CCCNC(=O)C(C)N(Cc1ccccc1)C(=O)CCCN(c1ccccc1OC)S(C)(=O)=O. The lowest BCUT2D eigenvalue weighted by molar-refractivity contribution is -0.140. The molecule has 0 bridgehead atoms. The van der Waals surface area contributed by atoms with Crippen LogP contribution in [0.1, 0.15) is 38.7 Å². The van der Waals surface area contributed by atoms with Crippen LogP contribution in [0.15, 0.2) is 54.6 Å². The summed E-state index contributed by atoms with van der Waals surface area (Å²) in [7, 11) is -2.11. The smallest absolute Gasteiger partial charge is 0.242 e. The van der Waals surface area contributed by atoms with Crippen LogP contribution in [0.3, 0.4) is 0 Å². The van der Waals surface area contributed by atoms with Crippen molar-refractivity contribution in [3.63, 3.8) is 0 Å². The summed E-state index contributed by atoms with van der Waals surface area (Å²) in [6, 6.07) is 15.7. The summed E-state index contributed by atoms with van der Waals surface area (Å²) in [5.41, 5.74) is 1.34. The van der Waals surface area contributed by atoms with Crippen molar-refractivity contribution in [2.45, 2.75) is 45.7 Å². The second kappa shape index (κ2) is 13.0. The number of anilines is 1. The highest BCUT2D eigenvalue weighted by Gasteiger charge is 2.27. The first kappa shape index (κ1) is 27.2. The number of carbonyl (C=O) groups excluding carboxylic acids is 2. The number of nitrogens with one attached hydrogen (secondary N) is 1. The standard InChI is InChI=1S/C25H35N3O5S/c1-5-17-26-25(30)20(2)27(19-21-12-7-6-8-13-21)24(29)16-11-18-28(34(4,31)32)22-14-9-10-15-23(22)33-3/h6-10,12-15,20H,5,11,16-19H2,1-4H3,(H,26,30). The summed E-state index contributed by atoms with van der Waals surface area (Å²) < 4.78 is 31.5. The maximum absolute atomic E-state index is 13.2. The Morgan fingerprint density at radius 2 is 1.71 bits per heavy atom. The van der Waals surface area contributed by atoms with Gasteiger partial charge in [0.25, 0.3) is 0 Å². The van der Waals surface area contributed by atoms with E-state index in [-0.39, 0.29) is 24.8 Å². The van der Waals surface area contributed by atoms with Crippen molar-refractivity contribution in [2.24, 2.45) is 0 Å². The van der Waals surface area contributed by atoms with Gasteiger partial charge in [-0.1, -0.05) is 49.4 Å². The van der Waals surface area contributed by atoms with E-state index in [0.717, 1.165) is 18.2 Å². The van der Waals surface area contributed by atoms with Crippen LogP contribution in [-0.2, 0) is 26.2 Å². The first-order valence-electron chi connectivity index (χ1n) is 11.4. The second-order valence-electron chi connectivity index (χ2n) is 8.08. The molecule has 2 amide bonds. The Morgan fingerprint density at radius 3 is 2.32 bits per heavy atom. The van der Waals surface area contributed by atoms with E-state index in [0.29, 0.717) is 30.9 Å². The minimum atomic E-state index is -3.59. The van der Waals surface area contributed by atoms with E-state index in [1.54, 1.807) is 36.1 Å². The number of methoxy groups -OCH3 is 1. The summed E-state index contributed by atoms with van der Waals surface area (Å²) in [5, 5.41) is 2.85. The van der Waals surface area contributed by atoms with Gasteiger partial charge in [-0.25, -0.2) is 8.42 Å². The fourth-order valence-electron chi connectivity index (χ4n) is 3.58. The number of nitrogens with zero attached hydrogens (tertiary/aromatic N) is 2. The number of sulfonamides is 1. The molecular weight excluding hydrogens is 454 g/mol. The molecule has 0 aromatic heterocycles. The molecule has 1 atom stereocenters. The highest BCUT2D eigenvalue weighted by Crippen LogP contribution is 2.29. The molecule has 0 radical (unpaired) electrons. The van der Waals surface area contributed by atoms with E-state index in [1.807, 2.05) is 37.3 Å². The highest BCUT2D eigenvalue weighted by atomic mass is 32.2. The minimum absolute atomic E-state index is 0.0966. The Morgan fingerprint density at radius 1 is 1.06 bits per heavy atom. The van der Waals surface area contributed by atoms with Crippen LogP contribution < -0.4 is 14.4 Å². The van der Waals surface area contributed by atoms with Crippen molar-refractivity contribution in [3.05, 3.63) is 60.2 Å². The highest BCUT2D eigenvalue weighted by molar-refractivity contribution is 7.92. The van der Waals surface area contributed by atoms with Crippen molar-refractivity contribution in [1.29, 1.82) is 0 Å². The zero-order chi connectivity index (χ0) is 25.1. The van der Waals surface area contributed by atoms with Crippen molar-refractivity contribution in [3.8, 4) is 5.75 Å². The van der Waals surface area contributed by atoms with Crippen LogP contribution in [0.5, 0.6) is 5.75 Å². The van der Waals surface area contributed by atoms with Crippen LogP contribution in [0.2, 0.25) is 0 Å². The Kier molecular flexibility index (Phi) is 10.4. The molecule has 2 rings (SSSR count). The molecule has 0 saturated carbocycles. The van der Waals surface area contributed by atoms with Gasteiger partial charge in [0.2, 0.25) is 21.8 Å². The lowest BCUT2D eigenvalue weighted by Crippen LogP contribution is -2.47. The molecule has 2 aromatic rings. The van der Waals surface area contributed by atoms with Gasteiger partial charge in [0.15, 0.2) is 0 Å². The number of para-hydroxylation sites is 2. The molecule has 0 spiro atoms. The summed E-state index contributed by atoms with van der Waals surface area (Å²) >= 11 is 0. The lowest BCUT2D eigenvalue weighted by Gasteiger charge is -2.29. The molecule has 8 nitrogen and oxygen atoms in total. The zero-order valence-electron chi connectivity index (χ0n) is 20.4. The van der Waals surface area contributed by atoms with Gasteiger partial charge in [-0.05, 0) is 37.5 Å². The molecule has 186 valence electrons. The molecule has 1 N–H and O–H groups in total. The number of amides is 2. The van der Waals surface area contributed by atoms with E-state index in [1.165, 1.54) is 11.4 Å². The zero-order valence-corrected chi connectivity index (χ0v) is 21.2. The minimum Gasteiger partial charge on any atom is -0.495 e. The third-order valence-electron chi connectivity index (χ3n) is 5.42. The van der Waals surface area contributed by atoms with Crippen LogP contribution >= 0.6 is 0 Å². The number of rotatable bonds is 13. The first-order chi connectivity index (χ1) is 16.2. The van der Waals surface area contributed by atoms with Gasteiger partial charge in [-0.3, -0.25) is 13.9 Å². The van der Waals surface area contributed by atoms with Gasteiger partial charge in [-0.15, -0.1) is 0 Å². The number of benzene rings is 2. The van der Waals surface area contributed by atoms with Crippen molar-refractivity contribution in [2.75, 3.05) is 30.8 Å². The number of hydrogen-bond donors (Lipinski definition) is 1. The summed E-state index contributed by atoms with van der Waals surface area (Å²) in [6.45, 7) is 4.62. The summed E-state index contributed by atoms with van der Waals surface area (Å²) in [6.07, 6.45) is 2.32. The van der Waals surface area contributed by atoms with Crippen molar-refractivity contribution in [1.82, 2.24) is 10.2 Å². The molecule has 34 heavy (non-hydrogen) atoms. The van der Waals surface area contributed by atoms with Crippen LogP contribution in [0, 0.1) is 0 Å². The van der Waals surface area contributed by atoms with E-state index in [4.69, 9.17) is 4.74 Å². The van der Waals surface area contributed by atoms with Gasteiger partial charge in [-0.2, -0.15) is 0 Å². The predicted octanol–water partition coefficient (Wildman–Crippen LogP) is 3.18. The van der Waals surface area contributed by atoms with Gasteiger partial charge in [0.05, 0.1) is 19.1 Å². The van der Waals surface area contributed by atoms with Gasteiger partial charge in [0.1, 0.15) is 11.8 Å². The fourth-order valence-corrected chi connectivity index (χ4v) is 4.55. The normalized spacial score (nSPS) is 12.0. The average molecular weight is 490 g/mol. The molecule has 9 heteroatoms. The van der Waals surface area contributed by atoms with Crippen molar-refractivity contribution < 1.29 is 22.7 Å². The molecular formula is C25H35N3O5S. The van der Waals surface area contributed by atoms with E-state index in [2.05, 4.69) is 5.32 Å². The molecule has 2 aromatic carbocycles. The topological polar surface area (TPSA) is 96.0 Å². The van der Waals surface area contributed by atoms with Gasteiger partial charge in [0, 0.05) is 26.1 Å². The molecule has 0 saturated heterocycles. The molecule has 0 heterocycles. The Balaban J connectivity index is 2.15. The molecule has 1 unspecified atom stereocenters. The third-order valence-corrected chi connectivity index (χ3v) is 6.60. The number of carbonyl (C=O) groups is 2. The maximum atomic E-state index is 13.2. The Labute approximate surface area is 202 Å². The second-order valence-corrected chi connectivity index (χ2v) is 9.99. The van der Waals surface area contributed by atoms with Gasteiger partial charge >= 0.3 is 0 Å². The third kappa shape index (κ3) is 7.76. The molecule has 0 aliphatic carbocycles. The van der Waals surface area contributed by atoms with E-state index >= 15 is 0 Å². The van der Waals surface area contributed by atoms with Crippen LogP contribution in [0.4, 0.5) is 5.69 Å². The molecule has 0 fully saturated rings. The number of hydrogen-bond acceptors (Lipinski definition) is 5. The van der Waals surface area contributed by atoms with Gasteiger partial charge < -0.3 is 15.0 Å². The van der Waals surface area contributed by atoms with Crippen molar-refractivity contribution >= 4 is 27.5 Å². The largest absolute Gasteiger partial charge is 0.495 e. The molecule has 0 aliphatic heterocycles. The quantitative estimate of drug-likeness (QED) is 0.466. The summed E-state index contributed by atoms with van der Waals surface area (Å²) in [4.78, 5) is 27.4. The number of ether oxygens (including phenoxy) is 1. The Hall–Kier alpha value is -3.07. The molecule has 0 aliphatic rings.